The first-order chi connectivity index (χ1) is 12.7. The molecule has 2 amide bonds. The third-order valence-electron chi connectivity index (χ3n) is 4.34. The van der Waals surface area contributed by atoms with Gasteiger partial charge in [-0.1, -0.05) is 27.2 Å². The van der Waals surface area contributed by atoms with Crippen LogP contribution >= 0.6 is 0 Å². The summed E-state index contributed by atoms with van der Waals surface area (Å²) in [5, 5.41) is 25.2. The number of aliphatic hydroxyl groups is 1. The van der Waals surface area contributed by atoms with Crippen molar-refractivity contribution in [3.63, 3.8) is 0 Å². The predicted molar refractivity (Wildman–Crippen MR) is 110 cm³/mol. The molecule has 0 aromatic carbocycles. The van der Waals surface area contributed by atoms with Gasteiger partial charge in [0.15, 0.2) is 5.25 Å². The molecular weight excluding hydrogens is 462 g/mol. The summed E-state index contributed by atoms with van der Waals surface area (Å²) in [5.74, 6) is -4.54. The number of amides is 2. The number of carboxylic acids is 2. The van der Waals surface area contributed by atoms with Crippen LogP contribution in [0.25, 0.3) is 0 Å². The molecule has 0 spiro atoms. The Morgan fingerprint density at radius 3 is 1.97 bits per heavy atom. The van der Waals surface area contributed by atoms with Crippen molar-refractivity contribution >= 4 is 121 Å². The molecule has 0 aromatic rings. The SMILES string of the molecule is CCCC(C)C1(CC)C(=O)N=C(O)NC1=O.O=C(O)CC(C(=O)O)S(=O)(=O)O.[KH].[NaH]. The first-order valence-electron chi connectivity index (χ1n) is 8.28. The van der Waals surface area contributed by atoms with Gasteiger partial charge in [-0.3, -0.25) is 29.0 Å². The van der Waals surface area contributed by atoms with E-state index in [1.807, 2.05) is 13.8 Å². The maximum atomic E-state index is 11.9. The Kier molecular flexibility index (Phi) is 17.4. The Bertz CT molecular complexity index is 773. The first-order valence-corrected chi connectivity index (χ1v) is 9.78. The molecule has 12 nitrogen and oxygen atoms in total. The summed E-state index contributed by atoms with van der Waals surface area (Å²) in [6.45, 7) is 5.68. The quantitative estimate of drug-likeness (QED) is 0.158. The van der Waals surface area contributed by atoms with Crippen LogP contribution in [0.15, 0.2) is 4.99 Å². The molecule has 0 fully saturated rings. The van der Waals surface area contributed by atoms with Crippen LogP contribution in [-0.4, -0.2) is 144 Å². The van der Waals surface area contributed by atoms with Gasteiger partial charge in [0.2, 0.25) is 5.91 Å². The molecule has 0 radical (unpaired) electrons. The van der Waals surface area contributed by atoms with Crippen molar-refractivity contribution in [2.45, 2.75) is 51.7 Å². The minimum atomic E-state index is -4.84. The van der Waals surface area contributed by atoms with Crippen LogP contribution in [0.1, 0.15) is 46.5 Å². The van der Waals surface area contributed by atoms with Gasteiger partial charge >= 0.3 is 92.9 Å². The van der Waals surface area contributed by atoms with E-state index in [2.05, 4.69) is 10.3 Å². The van der Waals surface area contributed by atoms with Crippen molar-refractivity contribution in [1.82, 2.24) is 5.32 Å². The number of rotatable bonds is 8. The zero-order chi connectivity index (χ0) is 22.3. The fourth-order valence-corrected chi connectivity index (χ4v) is 3.39. The molecule has 1 aliphatic heterocycles. The van der Waals surface area contributed by atoms with Gasteiger partial charge in [0.05, 0.1) is 6.42 Å². The summed E-state index contributed by atoms with van der Waals surface area (Å²) in [5.41, 5.74) is -1.11. The topological polar surface area (TPSA) is 208 Å². The Labute approximate surface area is 238 Å². The molecule has 3 atom stereocenters. The molecule has 3 unspecified atom stereocenters. The fourth-order valence-electron chi connectivity index (χ4n) is 2.79. The number of carboxylic acid groups (broad SMARTS) is 2. The van der Waals surface area contributed by atoms with E-state index < -0.39 is 57.0 Å². The molecule has 0 bridgehead atoms. The molecule has 0 aliphatic carbocycles. The number of aliphatic hydroxyl groups excluding tert-OH is 1. The molecule has 30 heavy (non-hydrogen) atoms. The van der Waals surface area contributed by atoms with Gasteiger partial charge in [0.25, 0.3) is 22.0 Å². The Hall–Kier alpha value is 0.0964. The zero-order valence-electron chi connectivity index (χ0n) is 15.6. The van der Waals surface area contributed by atoms with E-state index in [-0.39, 0.29) is 86.9 Å². The monoisotopic (exact) mass is 488 g/mol. The summed E-state index contributed by atoms with van der Waals surface area (Å²) in [4.78, 5) is 47.3. The second-order valence-electron chi connectivity index (χ2n) is 6.15. The van der Waals surface area contributed by atoms with Crippen LogP contribution < -0.4 is 5.32 Å². The van der Waals surface area contributed by atoms with E-state index in [4.69, 9.17) is 19.9 Å². The van der Waals surface area contributed by atoms with Gasteiger partial charge in [-0.15, -0.1) is 0 Å². The van der Waals surface area contributed by atoms with Crippen molar-refractivity contribution in [3.8, 4) is 0 Å². The van der Waals surface area contributed by atoms with Crippen LogP contribution in [0.4, 0.5) is 0 Å². The summed E-state index contributed by atoms with van der Waals surface area (Å²) >= 11 is 0. The van der Waals surface area contributed by atoms with Crippen LogP contribution in [0, 0.1) is 11.3 Å². The van der Waals surface area contributed by atoms with E-state index in [1.165, 1.54) is 0 Å². The molecule has 5 N–H and O–H groups in total. The van der Waals surface area contributed by atoms with Crippen LogP contribution in [0.3, 0.4) is 0 Å². The summed E-state index contributed by atoms with van der Waals surface area (Å²) in [7, 11) is -4.84. The number of nitrogens with one attached hydrogen (secondary N) is 1. The van der Waals surface area contributed by atoms with Crippen molar-refractivity contribution in [2.75, 3.05) is 0 Å². The molecule has 0 saturated carbocycles. The minimum absolute atomic E-state index is 0. The second-order valence-corrected chi connectivity index (χ2v) is 7.75. The van der Waals surface area contributed by atoms with E-state index in [9.17, 15) is 27.6 Å². The van der Waals surface area contributed by atoms with E-state index in [0.29, 0.717) is 6.42 Å². The Morgan fingerprint density at radius 2 is 1.70 bits per heavy atom. The van der Waals surface area contributed by atoms with Crippen molar-refractivity contribution in [2.24, 2.45) is 16.3 Å². The summed E-state index contributed by atoms with van der Waals surface area (Å²) < 4.78 is 28.7. The van der Waals surface area contributed by atoms with Crippen molar-refractivity contribution in [1.29, 1.82) is 0 Å². The van der Waals surface area contributed by atoms with E-state index >= 15 is 0 Å². The first kappa shape index (κ1) is 34.7. The van der Waals surface area contributed by atoms with Gasteiger partial charge in [0.1, 0.15) is 5.41 Å². The molecule has 0 aromatic heterocycles. The molecule has 15 heteroatoms. The molecule has 164 valence electrons. The number of aliphatic imine (C=N–C) groups is 1. The number of carbonyl (C=O) groups is 4. The molecule has 0 saturated heterocycles. The van der Waals surface area contributed by atoms with Crippen molar-refractivity contribution < 1.29 is 47.5 Å². The van der Waals surface area contributed by atoms with Gasteiger partial charge in [0, 0.05) is 0 Å². The van der Waals surface area contributed by atoms with Gasteiger partial charge in [-0.2, -0.15) is 13.4 Å². The van der Waals surface area contributed by atoms with Crippen molar-refractivity contribution in [3.05, 3.63) is 0 Å². The maximum absolute atomic E-state index is 11.9. The number of amidine groups is 1. The third-order valence-corrected chi connectivity index (χ3v) is 5.42. The average molecular weight is 489 g/mol. The predicted octanol–water partition coefficient (Wildman–Crippen LogP) is -1.11. The third kappa shape index (κ3) is 9.71. The second kappa shape index (κ2) is 15.0. The normalized spacial score (nSPS) is 20.1. The van der Waals surface area contributed by atoms with Gasteiger partial charge in [-0.25, -0.2) is 0 Å². The molecule has 1 rings (SSSR count). The summed E-state index contributed by atoms with van der Waals surface area (Å²) in [6.07, 6.45) is 0.923. The Morgan fingerprint density at radius 1 is 1.20 bits per heavy atom. The fraction of sp³-hybridized carbons (Fsp3) is 0.667. The number of hydrogen-bond donors (Lipinski definition) is 5. The number of hydrogen-bond acceptors (Lipinski definition) is 6. The van der Waals surface area contributed by atoms with Crippen LogP contribution in [-0.2, 0) is 29.3 Å². The molecule has 1 aliphatic rings. The number of aliphatic carboxylic acids is 2. The number of nitrogens with zero attached hydrogens (tertiary/aromatic N) is 1. The van der Waals surface area contributed by atoms with Gasteiger partial charge in [-0.05, 0) is 18.8 Å². The van der Waals surface area contributed by atoms with Crippen LogP contribution in [0.2, 0.25) is 0 Å². The average Bonchev–Trinajstić information content (AvgIpc) is 2.52. The summed E-state index contributed by atoms with van der Waals surface area (Å²) in [6, 6.07) is -0.595. The zero-order valence-corrected chi connectivity index (χ0v) is 16.4. The Balaban J connectivity index is -0.000000474. The number of carbonyl (C=O) groups excluding carboxylic acids is 2. The standard InChI is InChI=1S/C11H18N2O3.C4H6O7S.K.Na.2H/c1-4-6-7(3)11(5-2)8(14)12-10(16)13-9(11)15;5-3(6)1-2(4(7)8)12(9,10)11;;;;/h7H,4-6H2,1-3H3,(H2,12,13,14,15,16);2H,1H2,(H,5,6)(H,7,8)(H,9,10,11);;;;. The van der Waals surface area contributed by atoms with E-state index in [1.54, 1.807) is 6.92 Å². The molecule has 1 heterocycles. The van der Waals surface area contributed by atoms with Crippen LogP contribution in [0.5, 0.6) is 0 Å². The van der Waals surface area contributed by atoms with Gasteiger partial charge < -0.3 is 15.3 Å². The van der Waals surface area contributed by atoms with E-state index in [0.717, 1.165) is 12.8 Å². The molecular formula is C15H26KN2NaO10S.